The number of nitro benzene ring substituents is 1. The lowest BCUT2D eigenvalue weighted by molar-refractivity contribution is -0.384. The van der Waals surface area contributed by atoms with Crippen LogP contribution in [0.3, 0.4) is 0 Å². The van der Waals surface area contributed by atoms with Crippen LogP contribution < -0.4 is 10.0 Å². The highest BCUT2D eigenvalue weighted by Gasteiger charge is 2.16. The lowest BCUT2D eigenvalue weighted by Crippen LogP contribution is -2.29. The lowest BCUT2D eigenvalue weighted by Gasteiger charge is -2.09. The van der Waals surface area contributed by atoms with E-state index < -0.39 is 20.9 Å². The van der Waals surface area contributed by atoms with Crippen LogP contribution in [0.15, 0.2) is 53.4 Å². The minimum atomic E-state index is -3.77. The number of nitro groups is 1. The van der Waals surface area contributed by atoms with E-state index in [1.807, 2.05) is 0 Å². The summed E-state index contributed by atoms with van der Waals surface area (Å²) in [5.41, 5.74) is 0.476. The van der Waals surface area contributed by atoms with Crippen LogP contribution >= 0.6 is 0 Å². The van der Waals surface area contributed by atoms with Gasteiger partial charge < -0.3 is 10.1 Å². The van der Waals surface area contributed by atoms with Crippen molar-refractivity contribution in [3.8, 4) is 0 Å². The Morgan fingerprint density at radius 2 is 1.78 bits per heavy atom. The second-order valence-corrected chi connectivity index (χ2v) is 7.11. The van der Waals surface area contributed by atoms with Crippen molar-refractivity contribution in [3.63, 3.8) is 0 Å². The number of anilines is 1. The Labute approximate surface area is 156 Å². The van der Waals surface area contributed by atoms with Crippen LogP contribution in [0.4, 0.5) is 11.4 Å². The molecular formula is C17H19N3O6S. The van der Waals surface area contributed by atoms with E-state index in [9.17, 15) is 23.3 Å². The molecule has 9 nitrogen and oxygen atoms in total. The summed E-state index contributed by atoms with van der Waals surface area (Å²) in [7, 11) is -3.77. The Morgan fingerprint density at radius 1 is 1.11 bits per heavy atom. The standard InChI is InChI=1S/C17H19N3O6S/c1-2-26-17(21)13-7-9-14(10-8-13)27(24,25)19-12-11-18-15-5-3-4-6-16(15)20(22)23/h3-10,18-19H,2,11-12H2,1H3. The zero-order chi connectivity index (χ0) is 19.9. The molecule has 2 aromatic rings. The summed E-state index contributed by atoms with van der Waals surface area (Å²) in [6.45, 7) is 2.09. The van der Waals surface area contributed by atoms with Gasteiger partial charge in [-0.2, -0.15) is 0 Å². The topological polar surface area (TPSA) is 128 Å². The fraction of sp³-hybridized carbons (Fsp3) is 0.235. The molecule has 0 radical (unpaired) electrons. The molecule has 0 amide bonds. The summed E-state index contributed by atoms with van der Waals surface area (Å²) >= 11 is 0. The molecule has 0 spiro atoms. The molecular weight excluding hydrogens is 374 g/mol. The summed E-state index contributed by atoms with van der Waals surface area (Å²) in [6, 6.07) is 11.5. The van der Waals surface area contributed by atoms with Gasteiger partial charge in [0, 0.05) is 19.2 Å². The number of ether oxygens (including phenoxy) is 1. The van der Waals surface area contributed by atoms with E-state index in [0.717, 1.165) is 0 Å². The highest BCUT2D eigenvalue weighted by Crippen LogP contribution is 2.22. The van der Waals surface area contributed by atoms with Gasteiger partial charge in [0.2, 0.25) is 10.0 Å². The summed E-state index contributed by atoms with van der Waals surface area (Å²) in [5.74, 6) is -0.525. The fourth-order valence-corrected chi connectivity index (χ4v) is 3.26. The van der Waals surface area contributed by atoms with E-state index in [1.54, 1.807) is 25.1 Å². The van der Waals surface area contributed by atoms with Gasteiger partial charge in [-0.15, -0.1) is 0 Å². The minimum absolute atomic E-state index is 0.00115. The van der Waals surface area contributed by atoms with Gasteiger partial charge in [-0.05, 0) is 37.3 Å². The molecule has 2 N–H and O–H groups in total. The molecule has 144 valence electrons. The van der Waals surface area contributed by atoms with Crippen molar-refractivity contribution in [2.24, 2.45) is 0 Å². The molecule has 0 saturated heterocycles. The van der Waals surface area contributed by atoms with Crippen LogP contribution in [0.25, 0.3) is 0 Å². The third kappa shape index (κ3) is 5.50. The van der Waals surface area contributed by atoms with Gasteiger partial charge in [-0.3, -0.25) is 10.1 Å². The highest BCUT2D eigenvalue weighted by molar-refractivity contribution is 7.89. The van der Waals surface area contributed by atoms with Crippen molar-refractivity contribution in [3.05, 3.63) is 64.2 Å². The second-order valence-electron chi connectivity index (χ2n) is 5.34. The van der Waals surface area contributed by atoms with E-state index in [-0.39, 0.29) is 35.8 Å². The molecule has 27 heavy (non-hydrogen) atoms. The number of carbonyl (C=O) groups excluding carboxylic acids is 1. The molecule has 0 unspecified atom stereocenters. The average Bonchev–Trinajstić information content (AvgIpc) is 2.66. The molecule has 0 heterocycles. The van der Waals surface area contributed by atoms with Crippen molar-refractivity contribution in [2.45, 2.75) is 11.8 Å². The van der Waals surface area contributed by atoms with Gasteiger partial charge in [0.15, 0.2) is 0 Å². The molecule has 0 aromatic heterocycles. The van der Waals surface area contributed by atoms with E-state index in [0.29, 0.717) is 5.69 Å². The second kappa shape index (κ2) is 9.10. The zero-order valence-electron chi connectivity index (χ0n) is 14.5. The van der Waals surface area contributed by atoms with Crippen molar-refractivity contribution >= 4 is 27.4 Å². The first kappa shape index (κ1) is 20.3. The Balaban J connectivity index is 1.93. The average molecular weight is 393 g/mol. The number of para-hydroxylation sites is 2. The van der Waals surface area contributed by atoms with Gasteiger partial charge in [0.05, 0.1) is 22.0 Å². The van der Waals surface area contributed by atoms with Crippen LogP contribution in [-0.4, -0.2) is 39.0 Å². The third-order valence-corrected chi connectivity index (χ3v) is 4.99. The largest absolute Gasteiger partial charge is 0.462 e. The molecule has 0 aliphatic heterocycles. The van der Waals surface area contributed by atoms with Crippen LogP contribution in [-0.2, 0) is 14.8 Å². The summed E-state index contributed by atoms with van der Waals surface area (Å²) < 4.78 is 31.8. The van der Waals surface area contributed by atoms with Gasteiger partial charge in [-0.25, -0.2) is 17.9 Å². The number of sulfonamides is 1. The lowest BCUT2D eigenvalue weighted by atomic mass is 10.2. The van der Waals surface area contributed by atoms with Gasteiger partial charge in [-0.1, -0.05) is 12.1 Å². The maximum atomic E-state index is 12.3. The quantitative estimate of drug-likeness (QED) is 0.289. The number of benzene rings is 2. The van der Waals surface area contributed by atoms with Crippen LogP contribution in [0.5, 0.6) is 0 Å². The summed E-state index contributed by atoms with van der Waals surface area (Å²) in [5, 5.41) is 13.8. The number of nitrogens with one attached hydrogen (secondary N) is 2. The summed E-state index contributed by atoms with van der Waals surface area (Å²) in [4.78, 5) is 22.0. The first-order valence-corrected chi connectivity index (χ1v) is 9.57. The van der Waals surface area contributed by atoms with E-state index in [2.05, 4.69) is 10.0 Å². The van der Waals surface area contributed by atoms with Gasteiger partial charge in [0.25, 0.3) is 5.69 Å². The molecule has 0 bridgehead atoms. The molecule has 2 rings (SSSR count). The number of carbonyl (C=O) groups is 1. The monoisotopic (exact) mass is 393 g/mol. The molecule has 0 aliphatic carbocycles. The SMILES string of the molecule is CCOC(=O)c1ccc(S(=O)(=O)NCCNc2ccccc2[N+](=O)[O-])cc1. The number of hydrogen-bond acceptors (Lipinski definition) is 7. The van der Waals surface area contributed by atoms with Gasteiger partial charge >= 0.3 is 5.97 Å². The van der Waals surface area contributed by atoms with Crippen molar-refractivity contribution in [1.82, 2.24) is 4.72 Å². The Kier molecular flexibility index (Phi) is 6.85. The number of hydrogen-bond donors (Lipinski definition) is 2. The molecule has 0 fully saturated rings. The first-order valence-electron chi connectivity index (χ1n) is 8.09. The third-order valence-electron chi connectivity index (χ3n) is 3.51. The Morgan fingerprint density at radius 3 is 2.41 bits per heavy atom. The fourth-order valence-electron chi connectivity index (χ4n) is 2.23. The normalized spacial score (nSPS) is 11.0. The molecule has 10 heteroatoms. The van der Waals surface area contributed by atoms with E-state index in [4.69, 9.17) is 4.74 Å². The molecule has 0 saturated carbocycles. The minimum Gasteiger partial charge on any atom is -0.462 e. The first-order chi connectivity index (χ1) is 12.8. The van der Waals surface area contributed by atoms with E-state index >= 15 is 0 Å². The summed E-state index contributed by atoms with van der Waals surface area (Å²) in [6.07, 6.45) is 0. The van der Waals surface area contributed by atoms with Crippen LogP contribution in [0.1, 0.15) is 17.3 Å². The molecule has 0 aliphatic rings. The van der Waals surface area contributed by atoms with Crippen molar-refractivity contribution in [1.29, 1.82) is 0 Å². The maximum Gasteiger partial charge on any atom is 0.338 e. The number of nitrogens with zero attached hydrogens (tertiary/aromatic N) is 1. The zero-order valence-corrected chi connectivity index (χ0v) is 15.4. The van der Waals surface area contributed by atoms with Crippen molar-refractivity contribution < 1.29 is 22.9 Å². The predicted octanol–water partition coefficient (Wildman–Crippen LogP) is 2.16. The van der Waals surface area contributed by atoms with Crippen LogP contribution in [0.2, 0.25) is 0 Å². The predicted molar refractivity (Wildman–Crippen MR) is 99.2 cm³/mol. The van der Waals surface area contributed by atoms with Crippen molar-refractivity contribution in [2.75, 3.05) is 25.0 Å². The Hall–Kier alpha value is -2.98. The molecule has 2 aromatic carbocycles. The number of rotatable bonds is 9. The van der Waals surface area contributed by atoms with E-state index in [1.165, 1.54) is 30.3 Å². The van der Waals surface area contributed by atoms with Crippen LogP contribution in [0, 0.1) is 10.1 Å². The smallest absolute Gasteiger partial charge is 0.338 e. The number of esters is 1. The molecule has 0 atom stereocenters. The Bertz CT molecular complexity index is 913. The maximum absolute atomic E-state index is 12.3. The highest BCUT2D eigenvalue weighted by atomic mass is 32.2. The van der Waals surface area contributed by atoms with Gasteiger partial charge in [0.1, 0.15) is 5.69 Å².